The van der Waals surface area contributed by atoms with Gasteiger partial charge in [-0.15, -0.1) is 0 Å². The van der Waals surface area contributed by atoms with Crippen LogP contribution in [0, 0.1) is 0 Å². The first-order chi connectivity index (χ1) is 9.84. The second-order valence-electron chi connectivity index (χ2n) is 5.21. The van der Waals surface area contributed by atoms with Gasteiger partial charge in [0.1, 0.15) is 7.85 Å². The maximum atomic E-state index is 2.34. The molecular formula is C18H14BN. The number of hydrogen-bond acceptors (Lipinski definition) is 0. The lowest BCUT2D eigenvalue weighted by Gasteiger charge is -2.07. The second kappa shape index (κ2) is 4.27. The Labute approximate surface area is 118 Å². The van der Waals surface area contributed by atoms with E-state index in [9.17, 15) is 0 Å². The molecule has 0 spiro atoms. The lowest BCUT2D eigenvalue weighted by atomic mass is 9.96. The minimum absolute atomic E-state index is 1.22. The van der Waals surface area contributed by atoms with Gasteiger partial charge in [-0.2, -0.15) is 0 Å². The molecule has 3 aromatic carbocycles. The molecule has 20 heavy (non-hydrogen) atoms. The molecule has 0 amide bonds. The molecule has 0 radical (unpaired) electrons. The van der Waals surface area contributed by atoms with Gasteiger partial charge in [-0.25, -0.2) is 0 Å². The van der Waals surface area contributed by atoms with Gasteiger partial charge in [-0.1, -0.05) is 54.0 Å². The van der Waals surface area contributed by atoms with Crippen LogP contribution in [-0.4, -0.2) is 12.4 Å². The van der Waals surface area contributed by atoms with Crippen molar-refractivity contribution in [2.45, 2.75) is 0 Å². The number of aromatic nitrogens is 1. The average Bonchev–Trinajstić information content (AvgIpc) is 2.83. The van der Waals surface area contributed by atoms with E-state index < -0.39 is 0 Å². The van der Waals surface area contributed by atoms with Crippen LogP contribution in [0.4, 0.5) is 0 Å². The van der Waals surface area contributed by atoms with Gasteiger partial charge in [0, 0.05) is 16.5 Å². The third-order valence-electron chi connectivity index (χ3n) is 3.87. The summed E-state index contributed by atoms with van der Waals surface area (Å²) < 4.78 is 2.34. The Morgan fingerprint density at radius 3 is 1.65 bits per heavy atom. The standard InChI is InChI=1S/C18H14BN/c19-13-9-11-14(12-10-13)20-17-7-3-1-5-15(17)16-6-2-4-8-18(16)20/h1-12H,19H2. The van der Waals surface area contributed by atoms with Crippen molar-refractivity contribution in [3.05, 3.63) is 72.8 Å². The Morgan fingerprint density at radius 1 is 0.600 bits per heavy atom. The van der Waals surface area contributed by atoms with Crippen LogP contribution in [0.25, 0.3) is 27.5 Å². The summed E-state index contributed by atoms with van der Waals surface area (Å²) in [5.41, 5.74) is 5.03. The molecule has 0 aliphatic heterocycles. The fraction of sp³-hybridized carbons (Fsp3) is 0. The zero-order valence-electron chi connectivity index (χ0n) is 11.4. The monoisotopic (exact) mass is 255 g/mol. The predicted molar refractivity (Wildman–Crippen MR) is 89.0 cm³/mol. The Morgan fingerprint density at radius 2 is 1.10 bits per heavy atom. The van der Waals surface area contributed by atoms with E-state index in [4.69, 9.17) is 0 Å². The van der Waals surface area contributed by atoms with Gasteiger partial charge in [0.05, 0.1) is 11.0 Å². The summed E-state index contributed by atoms with van der Waals surface area (Å²) in [4.78, 5) is 0. The lowest BCUT2D eigenvalue weighted by Crippen LogP contribution is -2.02. The van der Waals surface area contributed by atoms with E-state index in [2.05, 4.69) is 85.2 Å². The number of benzene rings is 3. The van der Waals surface area contributed by atoms with Crippen molar-refractivity contribution in [3.63, 3.8) is 0 Å². The number of hydrogen-bond donors (Lipinski definition) is 0. The van der Waals surface area contributed by atoms with Crippen LogP contribution in [0.15, 0.2) is 72.8 Å². The zero-order valence-corrected chi connectivity index (χ0v) is 11.4. The molecule has 0 aliphatic rings. The molecule has 0 fully saturated rings. The number of rotatable bonds is 1. The van der Waals surface area contributed by atoms with Crippen LogP contribution in [-0.2, 0) is 0 Å². The molecule has 2 heteroatoms. The highest BCUT2D eigenvalue weighted by Gasteiger charge is 2.10. The highest BCUT2D eigenvalue weighted by Crippen LogP contribution is 2.31. The molecule has 0 aliphatic carbocycles. The zero-order chi connectivity index (χ0) is 13.5. The van der Waals surface area contributed by atoms with Crippen molar-refractivity contribution in [2.75, 3.05) is 0 Å². The maximum absolute atomic E-state index is 2.34. The summed E-state index contributed by atoms with van der Waals surface area (Å²) in [5.74, 6) is 0. The number of fused-ring (bicyclic) bond motifs is 3. The Balaban J connectivity index is 2.17. The molecule has 0 N–H and O–H groups in total. The maximum Gasteiger partial charge on any atom is 0.139 e. The van der Waals surface area contributed by atoms with E-state index in [1.807, 2.05) is 0 Å². The van der Waals surface area contributed by atoms with Crippen LogP contribution in [0.3, 0.4) is 0 Å². The lowest BCUT2D eigenvalue weighted by molar-refractivity contribution is 1.18. The average molecular weight is 255 g/mol. The molecular weight excluding hydrogens is 241 g/mol. The quantitative estimate of drug-likeness (QED) is 0.461. The van der Waals surface area contributed by atoms with Gasteiger partial charge in [0.25, 0.3) is 0 Å². The number of nitrogens with zero attached hydrogens (tertiary/aromatic N) is 1. The van der Waals surface area contributed by atoms with Gasteiger partial charge in [-0.3, -0.25) is 0 Å². The second-order valence-corrected chi connectivity index (χ2v) is 5.21. The van der Waals surface area contributed by atoms with E-state index in [-0.39, 0.29) is 0 Å². The van der Waals surface area contributed by atoms with Gasteiger partial charge in [0.15, 0.2) is 0 Å². The molecule has 1 heterocycles. The highest BCUT2D eigenvalue weighted by atomic mass is 15.0. The van der Waals surface area contributed by atoms with Crippen molar-refractivity contribution < 1.29 is 0 Å². The molecule has 94 valence electrons. The third-order valence-corrected chi connectivity index (χ3v) is 3.87. The molecule has 4 rings (SSSR count). The first-order valence-electron chi connectivity index (χ1n) is 6.90. The summed E-state index contributed by atoms with van der Waals surface area (Å²) >= 11 is 0. The van der Waals surface area contributed by atoms with E-state index in [0.29, 0.717) is 0 Å². The summed E-state index contributed by atoms with van der Waals surface area (Å²) in [7, 11) is 2.12. The summed E-state index contributed by atoms with van der Waals surface area (Å²) in [5, 5.41) is 2.62. The summed E-state index contributed by atoms with van der Waals surface area (Å²) in [6, 6.07) is 25.9. The molecule has 0 bridgehead atoms. The Kier molecular flexibility index (Phi) is 2.43. The first-order valence-corrected chi connectivity index (χ1v) is 6.90. The smallest absolute Gasteiger partial charge is 0.139 e. The van der Waals surface area contributed by atoms with Crippen molar-refractivity contribution in [1.82, 2.24) is 4.57 Å². The van der Waals surface area contributed by atoms with Crippen LogP contribution in [0.1, 0.15) is 0 Å². The van der Waals surface area contributed by atoms with E-state index in [1.54, 1.807) is 0 Å². The van der Waals surface area contributed by atoms with Crippen LogP contribution in [0.5, 0.6) is 0 Å². The normalized spacial score (nSPS) is 11.2. The van der Waals surface area contributed by atoms with Crippen molar-refractivity contribution >= 4 is 35.1 Å². The van der Waals surface area contributed by atoms with Crippen LogP contribution < -0.4 is 5.46 Å². The van der Waals surface area contributed by atoms with E-state index >= 15 is 0 Å². The molecule has 4 aromatic rings. The third kappa shape index (κ3) is 1.58. The Hall–Kier alpha value is -2.48. The minimum Gasteiger partial charge on any atom is -0.309 e. The largest absolute Gasteiger partial charge is 0.309 e. The van der Waals surface area contributed by atoms with Crippen LogP contribution in [0.2, 0.25) is 0 Å². The van der Waals surface area contributed by atoms with E-state index in [0.717, 1.165) is 0 Å². The fourth-order valence-electron chi connectivity index (χ4n) is 2.89. The Bertz CT molecular complexity index is 850. The molecule has 0 unspecified atom stereocenters. The predicted octanol–water partition coefficient (Wildman–Crippen LogP) is 3.04. The minimum atomic E-state index is 1.22. The molecule has 0 saturated carbocycles. The molecule has 1 aromatic heterocycles. The number of para-hydroxylation sites is 2. The van der Waals surface area contributed by atoms with E-state index in [1.165, 1.54) is 33.0 Å². The molecule has 0 atom stereocenters. The van der Waals surface area contributed by atoms with Gasteiger partial charge in [-0.05, 0) is 24.3 Å². The van der Waals surface area contributed by atoms with Crippen molar-refractivity contribution in [3.8, 4) is 5.69 Å². The highest BCUT2D eigenvalue weighted by molar-refractivity contribution is 6.32. The van der Waals surface area contributed by atoms with Crippen molar-refractivity contribution in [2.24, 2.45) is 0 Å². The first kappa shape index (κ1) is 11.4. The van der Waals surface area contributed by atoms with Gasteiger partial charge >= 0.3 is 0 Å². The molecule has 1 nitrogen and oxygen atoms in total. The van der Waals surface area contributed by atoms with Gasteiger partial charge in [0.2, 0.25) is 0 Å². The van der Waals surface area contributed by atoms with Gasteiger partial charge < -0.3 is 4.57 Å². The topological polar surface area (TPSA) is 4.93 Å². The van der Waals surface area contributed by atoms with Crippen LogP contribution >= 0.6 is 0 Å². The SMILES string of the molecule is Bc1ccc(-n2c3ccccc3c3ccccc32)cc1. The summed E-state index contributed by atoms with van der Waals surface area (Å²) in [6.07, 6.45) is 0. The molecule has 0 saturated heterocycles. The van der Waals surface area contributed by atoms with Crippen molar-refractivity contribution in [1.29, 1.82) is 0 Å². The fourth-order valence-corrected chi connectivity index (χ4v) is 2.89. The summed E-state index contributed by atoms with van der Waals surface area (Å²) in [6.45, 7) is 0.